The fraction of sp³-hybridized carbons (Fsp3) is 0.579. The van der Waals surface area contributed by atoms with Gasteiger partial charge in [-0.1, -0.05) is 12.1 Å². The first kappa shape index (κ1) is 16.4. The predicted octanol–water partition coefficient (Wildman–Crippen LogP) is 1.89. The summed E-state index contributed by atoms with van der Waals surface area (Å²) in [4.78, 5) is 30.5. The fourth-order valence-electron chi connectivity index (χ4n) is 4.79. The summed E-state index contributed by atoms with van der Waals surface area (Å²) in [5.74, 6) is -0.390. The molecule has 0 spiro atoms. The molecule has 0 aromatic heterocycles. The second kappa shape index (κ2) is 5.46. The number of rotatable bonds is 4. The maximum atomic E-state index is 12.8. The summed E-state index contributed by atoms with van der Waals surface area (Å²) in [6.45, 7) is 0.972. The Labute approximate surface area is 148 Å². The highest BCUT2D eigenvalue weighted by Crippen LogP contribution is 2.46. The summed E-state index contributed by atoms with van der Waals surface area (Å²) < 4.78 is 0. The Kier molecular flexibility index (Phi) is 3.58. The molecule has 1 aliphatic carbocycles. The first-order valence-electron chi connectivity index (χ1n) is 9.08. The molecule has 0 unspecified atom stereocenters. The Morgan fingerprint density at radius 3 is 2.28 bits per heavy atom. The van der Waals surface area contributed by atoms with Crippen molar-refractivity contribution >= 4 is 17.6 Å². The highest BCUT2D eigenvalue weighted by Gasteiger charge is 2.56. The van der Waals surface area contributed by atoms with E-state index in [9.17, 15) is 9.59 Å². The van der Waals surface area contributed by atoms with Crippen LogP contribution >= 0.6 is 0 Å². The van der Waals surface area contributed by atoms with E-state index in [1.807, 2.05) is 12.1 Å². The van der Waals surface area contributed by atoms with Gasteiger partial charge in [-0.05, 0) is 63.9 Å². The molecule has 1 atom stereocenters. The third-order valence-corrected chi connectivity index (χ3v) is 6.58. The highest BCUT2D eigenvalue weighted by molar-refractivity contribution is 6.02. The van der Waals surface area contributed by atoms with Gasteiger partial charge in [0, 0.05) is 17.8 Å². The van der Waals surface area contributed by atoms with Crippen molar-refractivity contribution in [1.29, 1.82) is 0 Å². The van der Waals surface area contributed by atoms with Crippen molar-refractivity contribution in [3.8, 4) is 0 Å². The average molecular weight is 342 g/mol. The van der Waals surface area contributed by atoms with Gasteiger partial charge in [0.25, 0.3) is 0 Å². The molecule has 1 aromatic carbocycles. The maximum absolute atomic E-state index is 12.8. The van der Waals surface area contributed by atoms with E-state index in [-0.39, 0.29) is 11.6 Å². The zero-order valence-electron chi connectivity index (χ0n) is 15.0. The van der Waals surface area contributed by atoms with E-state index in [4.69, 9.17) is 5.73 Å². The van der Waals surface area contributed by atoms with E-state index in [1.54, 1.807) is 9.80 Å². The molecule has 4 rings (SSSR count). The molecule has 3 amide bonds. The van der Waals surface area contributed by atoms with Crippen LogP contribution in [0.2, 0.25) is 0 Å². The molecular weight excluding hydrogens is 316 g/mol. The number of hydrogen-bond acceptors (Lipinski definition) is 3. The molecule has 3 aliphatic rings. The molecule has 6 nitrogen and oxygen atoms in total. The Morgan fingerprint density at radius 2 is 1.80 bits per heavy atom. The van der Waals surface area contributed by atoms with Crippen LogP contribution < -0.4 is 10.6 Å². The largest absolute Gasteiger partial charge is 0.368 e. The minimum absolute atomic E-state index is 0.102. The lowest BCUT2D eigenvalue weighted by Crippen LogP contribution is -2.52. The van der Waals surface area contributed by atoms with Crippen LogP contribution in [0.5, 0.6) is 0 Å². The SMILES string of the molecule is CN(C)C1(c2ccc(N3C[C@@]4(C(N)=O)CCCN4C3=O)cc2)CCC1. The zero-order chi connectivity index (χ0) is 17.8. The first-order chi connectivity index (χ1) is 11.9. The standard InChI is InChI=1S/C19H26N4O2/c1-21(2)18(9-3-10-18)14-5-7-15(8-6-14)22-13-19(16(20)24)11-4-12-23(19)17(22)25/h5-8H,3-4,9-13H2,1-2H3,(H2,20,24)/t19-/m1/s1. The van der Waals surface area contributed by atoms with Gasteiger partial charge in [-0.15, -0.1) is 0 Å². The summed E-state index contributed by atoms with van der Waals surface area (Å²) in [5, 5.41) is 0. The highest BCUT2D eigenvalue weighted by atomic mass is 16.2. The third-order valence-electron chi connectivity index (χ3n) is 6.58. The number of benzene rings is 1. The number of nitrogens with two attached hydrogens (primary N) is 1. The lowest BCUT2D eigenvalue weighted by Gasteiger charge is -2.48. The molecule has 2 heterocycles. The number of carbonyl (C=O) groups excluding carboxylic acids is 2. The van der Waals surface area contributed by atoms with Gasteiger partial charge >= 0.3 is 6.03 Å². The first-order valence-corrected chi connectivity index (χ1v) is 9.08. The van der Waals surface area contributed by atoms with Gasteiger partial charge in [-0.25, -0.2) is 4.79 Å². The van der Waals surface area contributed by atoms with E-state index in [2.05, 4.69) is 31.1 Å². The lowest BCUT2D eigenvalue weighted by atomic mass is 9.71. The molecule has 25 heavy (non-hydrogen) atoms. The lowest BCUT2D eigenvalue weighted by molar-refractivity contribution is -0.125. The molecule has 1 saturated carbocycles. The minimum Gasteiger partial charge on any atom is -0.368 e. The van der Waals surface area contributed by atoms with E-state index < -0.39 is 11.4 Å². The van der Waals surface area contributed by atoms with Crippen LogP contribution in [-0.4, -0.2) is 54.5 Å². The van der Waals surface area contributed by atoms with Gasteiger partial charge in [0.1, 0.15) is 5.54 Å². The maximum Gasteiger partial charge on any atom is 0.325 e. The molecule has 2 aliphatic heterocycles. The summed E-state index contributed by atoms with van der Waals surface area (Å²) >= 11 is 0. The number of urea groups is 1. The molecule has 3 fully saturated rings. The van der Waals surface area contributed by atoms with E-state index >= 15 is 0 Å². The number of carbonyl (C=O) groups is 2. The van der Waals surface area contributed by atoms with Crippen molar-refractivity contribution in [2.75, 3.05) is 32.1 Å². The molecule has 2 saturated heterocycles. The van der Waals surface area contributed by atoms with Crippen LogP contribution in [0.15, 0.2) is 24.3 Å². The van der Waals surface area contributed by atoms with Crippen LogP contribution in [0.4, 0.5) is 10.5 Å². The van der Waals surface area contributed by atoms with Gasteiger partial charge in [0.2, 0.25) is 5.91 Å². The Bertz CT molecular complexity index is 711. The van der Waals surface area contributed by atoms with Gasteiger partial charge in [0.05, 0.1) is 6.54 Å². The van der Waals surface area contributed by atoms with Gasteiger partial charge in [0.15, 0.2) is 0 Å². The second-order valence-corrected chi connectivity index (χ2v) is 7.85. The quantitative estimate of drug-likeness (QED) is 0.908. The molecule has 0 radical (unpaired) electrons. The van der Waals surface area contributed by atoms with Crippen molar-refractivity contribution in [3.05, 3.63) is 29.8 Å². The number of nitrogens with zero attached hydrogens (tertiary/aromatic N) is 3. The van der Waals surface area contributed by atoms with E-state index in [1.165, 1.54) is 24.8 Å². The van der Waals surface area contributed by atoms with Gasteiger partial charge < -0.3 is 10.6 Å². The summed E-state index contributed by atoms with van der Waals surface area (Å²) in [5.41, 5.74) is 7.09. The van der Waals surface area contributed by atoms with Crippen molar-refractivity contribution in [2.45, 2.75) is 43.2 Å². The molecule has 134 valence electrons. The van der Waals surface area contributed by atoms with Gasteiger partial charge in [-0.3, -0.25) is 14.6 Å². The Morgan fingerprint density at radius 1 is 1.12 bits per heavy atom. The summed E-state index contributed by atoms with van der Waals surface area (Å²) in [6.07, 6.45) is 5.08. The fourth-order valence-corrected chi connectivity index (χ4v) is 4.79. The number of anilines is 1. The molecule has 0 bridgehead atoms. The molecular formula is C19H26N4O2. The third kappa shape index (κ3) is 2.13. The monoisotopic (exact) mass is 342 g/mol. The smallest absolute Gasteiger partial charge is 0.325 e. The van der Waals surface area contributed by atoms with Crippen molar-refractivity contribution in [1.82, 2.24) is 9.80 Å². The number of primary amides is 1. The van der Waals surface area contributed by atoms with Gasteiger partial charge in [-0.2, -0.15) is 0 Å². The topological polar surface area (TPSA) is 69.9 Å². The summed E-state index contributed by atoms with van der Waals surface area (Å²) in [6, 6.07) is 8.17. The molecule has 1 aromatic rings. The predicted molar refractivity (Wildman–Crippen MR) is 96.3 cm³/mol. The number of hydrogen-bond donors (Lipinski definition) is 1. The molecule has 6 heteroatoms. The van der Waals surface area contributed by atoms with Crippen LogP contribution in [0.3, 0.4) is 0 Å². The van der Waals surface area contributed by atoms with Crippen LogP contribution in [0.1, 0.15) is 37.7 Å². The second-order valence-electron chi connectivity index (χ2n) is 7.85. The van der Waals surface area contributed by atoms with Crippen LogP contribution in [-0.2, 0) is 10.3 Å². The van der Waals surface area contributed by atoms with Crippen molar-refractivity contribution in [3.63, 3.8) is 0 Å². The zero-order valence-corrected chi connectivity index (χ0v) is 15.0. The van der Waals surface area contributed by atoms with Crippen LogP contribution in [0.25, 0.3) is 0 Å². The van der Waals surface area contributed by atoms with Crippen molar-refractivity contribution < 1.29 is 9.59 Å². The Balaban J connectivity index is 1.61. The van der Waals surface area contributed by atoms with E-state index in [0.717, 1.165) is 12.1 Å². The van der Waals surface area contributed by atoms with E-state index in [0.29, 0.717) is 19.5 Å². The Hall–Kier alpha value is -2.08. The average Bonchev–Trinajstić information content (AvgIpc) is 3.07. The van der Waals surface area contributed by atoms with Crippen LogP contribution in [0, 0.1) is 0 Å². The number of fused-ring (bicyclic) bond motifs is 1. The minimum atomic E-state index is -0.825. The van der Waals surface area contributed by atoms with Crippen molar-refractivity contribution in [2.24, 2.45) is 5.73 Å². The molecule has 2 N–H and O–H groups in total. The normalized spacial score (nSPS) is 27.6. The summed E-state index contributed by atoms with van der Waals surface area (Å²) in [7, 11) is 4.25. The number of amides is 3.